The molecule has 1 rings (SSSR count). The Bertz CT molecular complexity index is 376. The van der Waals surface area contributed by atoms with Gasteiger partial charge in [-0.1, -0.05) is 25.4 Å². The van der Waals surface area contributed by atoms with Crippen molar-refractivity contribution in [3.8, 4) is 0 Å². The maximum Gasteiger partial charge on any atom is 0.161 e. The fourth-order valence-electron chi connectivity index (χ4n) is 1.51. The summed E-state index contributed by atoms with van der Waals surface area (Å²) in [7, 11) is 1.67. The van der Waals surface area contributed by atoms with Gasteiger partial charge in [0.25, 0.3) is 0 Å². The quantitative estimate of drug-likeness (QED) is 0.760. The predicted octanol–water partition coefficient (Wildman–Crippen LogP) is 3.27. The standard InChI is InChI=1S/C12H19ClN2O/c1-6-9-8(3)10(13)15-11(14-9)12(4,7-2)16-5/h6-7H2,1-5H3. The summed E-state index contributed by atoms with van der Waals surface area (Å²) >= 11 is 6.11. The zero-order valence-electron chi connectivity index (χ0n) is 10.6. The lowest BCUT2D eigenvalue weighted by Crippen LogP contribution is -2.27. The fourth-order valence-corrected chi connectivity index (χ4v) is 1.70. The Kier molecular flexibility index (Phi) is 4.28. The number of methoxy groups -OCH3 is 1. The average Bonchev–Trinajstić information content (AvgIpc) is 2.31. The normalized spacial score (nSPS) is 14.9. The van der Waals surface area contributed by atoms with Crippen molar-refractivity contribution in [1.82, 2.24) is 9.97 Å². The van der Waals surface area contributed by atoms with Crippen LogP contribution in [-0.4, -0.2) is 17.1 Å². The summed E-state index contributed by atoms with van der Waals surface area (Å²) in [6, 6.07) is 0. The lowest BCUT2D eigenvalue weighted by molar-refractivity contribution is -0.00916. The van der Waals surface area contributed by atoms with Gasteiger partial charge in [-0.2, -0.15) is 0 Å². The average molecular weight is 243 g/mol. The van der Waals surface area contributed by atoms with Crippen LogP contribution in [0, 0.1) is 6.92 Å². The minimum absolute atomic E-state index is 0.457. The molecule has 4 heteroatoms. The summed E-state index contributed by atoms with van der Waals surface area (Å²) in [5, 5.41) is 0.526. The van der Waals surface area contributed by atoms with Gasteiger partial charge in [-0.3, -0.25) is 0 Å². The van der Waals surface area contributed by atoms with Crippen LogP contribution in [0.2, 0.25) is 5.15 Å². The van der Waals surface area contributed by atoms with Gasteiger partial charge < -0.3 is 4.74 Å². The number of halogens is 1. The van der Waals surface area contributed by atoms with Crippen molar-refractivity contribution in [3.05, 3.63) is 22.2 Å². The van der Waals surface area contributed by atoms with Gasteiger partial charge in [-0.15, -0.1) is 0 Å². The van der Waals surface area contributed by atoms with Crippen molar-refractivity contribution in [3.63, 3.8) is 0 Å². The third-order valence-corrected chi connectivity index (χ3v) is 3.49. The van der Waals surface area contributed by atoms with Crippen LogP contribution in [0.3, 0.4) is 0 Å². The first-order valence-electron chi connectivity index (χ1n) is 5.57. The van der Waals surface area contributed by atoms with E-state index in [1.165, 1.54) is 0 Å². The van der Waals surface area contributed by atoms with Crippen LogP contribution in [0.4, 0.5) is 0 Å². The molecule has 0 radical (unpaired) electrons. The van der Waals surface area contributed by atoms with Crippen molar-refractivity contribution in [2.24, 2.45) is 0 Å². The monoisotopic (exact) mass is 242 g/mol. The van der Waals surface area contributed by atoms with E-state index < -0.39 is 5.60 Å². The van der Waals surface area contributed by atoms with Gasteiger partial charge >= 0.3 is 0 Å². The van der Waals surface area contributed by atoms with E-state index in [1.807, 2.05) is 20.8 Å². The molecule has 0 spiro atoms. The maximum absolute atomic E-state index is 6.11. The van der Waals surface area contributed by atoms with Gasteiger partial charge in [0, 0.05) is 18.4 Å². The molecular weight excluding hydrogens is 224 g/mol. The van der Waals surface area contributed by atoms with Crippen molar-refractivity contribution < 1.29 is 4.74 Å². The molecule has 0 saturated heterocycles. The van der Waals surface area contributed by atoms with E-state index in [0.29, 0.717) is 11.0 Å². The highest BCUT2D eigenvalue weighted by Crippen LogP contribution is 2.28. The smallest absolute Gasteiger partial charge is 0.161 e. The summed E-state index contributed by atoms with van der Waals surface area (Å²) in [6.07, 6.45) is 1.66. The van der Waals surface area contributed by atoms with Gasteiger partial charge in [0.1, 0.15) is 10.8 Å². The number of hydrogen-bond donors (Lipinski definition) is 0. The molecule has 0 N–H and O–H groups in total. The molecular formula is C12H19ClN2O. The molecule has 0 saturated carbocycles. The Hall–Kier alpha value is -0.670. The molecule has 0 aliphatic rings. The van der Waals surface area contributed by atoms with Crippen molar-refractivity contribution in [1.29, 1.82) is 0 Å². The van der Waals surface area contributed by atoms with Crippen LogP contribution in [-0.2, 0) is 16.8 Å². The Labute approximate surface area is 102 Å². The van der Waals surface area contributed by atoms with E-state index in [9.17, 15) is 0 Å². The Balaban J connectivity index is 3.30. The van der Waals surface area contributed by atoms with E-state index in [0.717, 1.165) is 24.1 Å². The molecule has 0 fully saturated rings. The van der Waals surface area contributed by atoms with E-state index >= 15 is 0 Å². The number of aromatic nitrogens is 2. The van der Waals surface area contributed by atoms with Gasteiger partial charge in [-0.05, 0) is 26.7 Å². The van der Waals surface area contributed by atoms with Crippen molar-refractivity contribution in [2.45, 2.75) is 46.1 Å². The van der Waals surface area contributed by atoms with Gasteiger partial charge in [-0.25, -0.2) is 9.97 Å². The van der Waals surface area contributed by atoms with E-state index in [1.54, 1.807) is 7.11 Å². The maximum atomic E-state index is 6.11. The van der Waals surface area contributed by atoms with Gasteiger partial charge in [0.15, 0.2) is 5.82 Å². The number of ether oxygens (including phenoxy) is 1. The molecule has 0 bridgehead atoms. The first kappa shape index (κ1) is 13.4. The van der Waals surface area contributed by atoms with E-state index in [4.69, 9.17) is 16.3 Å². The highest BCUT2D eigenvalue weighted by molar-refractivity contribution is 6.30. The summed E-state index contributed by atoms with van der Waals surface area (Å²) in [6.45, 7) is 8.03. The Morgan fingerprint density at radius 2 is 1.94 bits per heavy atom. The lowest BCUT2D eigenvalue weighted by Gasteiger charge is -2.25. The first-order chi connectivity index (χ1) is 7.48. The Morgan fingerprint density at radius 1 is 1.31 bits per heavy atom. The third kappa shape index (κ3) is 2.36. The molecule has 1 aromatic heterocycles. The summed E-state index contributed by atoms with van der Waals surface area (Å²) < 4.78 is 5.48. The number of rotatable bonds is 4. The second kappa shape index (κ2) is 5.11. The third-order valence-electron chi connectivity index (χ3n) is 3.12. The molecule has 1 heterocycles. The molecule has 3 nitrogen and oxygen atoms in total. The zero-order chi connectivity index (χ0) is 12.3. The minimum atomic E-state index is -0.457. The van der Waals surface area contributed by atoms with E-state index in [-0.39, 0.29) is 0 Å². The number of aryl methyl sites for hydroxylation is 1. The molecule has 16 heavy (non-hydrogen) atoms. The summed E-state index contributed by atoms with van der Waals surface area (Å²) in [5.74, 6) is 0.671. The highest BCUT2D eigenvalue weighted by Gasteiger charge is 2.28. The predicted molar refractivity (Wildman–Crippen MR) is 65.8 cm³/mol. The second-order valence-electron chi connectivity index (χ2n) is 4.05. The van der Waals surface area contributed by atoms with Crippen molar-refractivity contribution in [2.75, 3.05) is 7.11 Å². The van der Waals surface area contributed by atoms with Crippen LogP contribution >= 0.6 is 11.6 Å². The summed E-state index contributed by atoms with van der Waals surface area (Å²) in [4.78, 5) is 8.87. The number of hydrogen-bond acceptors (Lipinski definition) is 3. The molecule has 0 amide bonds. The SMILES string of the molecule is CCc1nc(C(C)(CC)OC)nc(Cl)c1C. The molecule has 90 valence electrons. The molecule has 0 aliphatic carbocycles. The Morgan fingerprint density at radius 3 is 2.38 bits per heavy atom. The van der Waals surface area contributed by atoms with Crippen molar-refractivity contribution >= 4 is 11.6 Å². The fraction of sp³-hybridized carbons (Fsp3) is 0.667. The first-order valence-corrected chi connectivity index (χ1v) is 5.95. The lowest BCUT2D eigenvalue weighted by atomic mass is 10.0. The van der Waals surface area contributed by atoms with Crippen LogP contribution in [0.15, 0.2) is 0 Å². The van der Waals surface area contributed by atoms with Crippen LogP contribution in [0.1, 0.15) is 44.3 Å². The van der Waals surface area contributed by atoms with Gasteiger partial charge in [0.2, 0.25) is 0 Å². The van der Waals surface area contributed by atoms with Crippen LogP contribution in [0.25, 0.3) is 0 Å². The topological polar surface area (TPSA) is 35.0 Å². The van der Waals surface area contributed by atoms with Gasteiger partial charge in [0.05, 0.1) is 0 Å². The zero-order valence-corrected chi connectivity index (χ0v) is 11.4. The van der Waals surface area contributed by atoms with E-state index in [2.05, 4.69) is 16.9 Å². The molecule has 1 unspecified atom stereocenters. The van der Waals surface area contributed by atoms with Crippen LogP contribution < -0.4 is 0 Å². The second-order valence-corrected chi connectivity index (χ2v) is 4.41. The highest BCUT2D eigenvalue weighted by atomic mass is 35.5. The molecule has 0 aliphatic heterocycles. The minimum Gasteiger partial charge on any atom is -0.371 e. The number of nitrogens with zero attached hydrogens (tertiary/aromatic N) is 2. The van der Waals surface area contributed by atoms with Crippen LogP contribution in [0.5, 0.6) is 0 Å². The largest absolute Gasteiger partial charge is 0.371 e. The summed E-state index contributed by atoms with van der Waals surface area (Å²) in [5.41, 5.74) is 1.50. The molecule has 1 aromatic rings. The molecule has 0 aromatic carbocycles. The molecule has 1 atom stereocenters.